The molecule has 1 saturated heterocycles. The van der Waals surface area contributed by atoms with Gasteiger partial charge >= 0.3 is 0 Å². The third kappa shape index (κ3) is 2.31. The van der Waals surface area contributed by atoms with Crippen molar-refractivity contribution in [3.63, 3.8) is 0 Å². The molecule has 0 atom stereocenters. The van der Waals surface area contributed by atoms with Gasteiger partial charge in [0.2, 0.25) is 5.91 Å². The number of anilines is 1. The molecule has 0 spiro atoms. The quantitative estimate of drug-likeness (QED) is 0.638. The Morgan fingerprint density at radius 2 is 2.40 bits per heavy atom. The Kier molecular flexibility index (Phi) is 2.94. The fraction of sp³-hybridized carbons (Fsp3) is 0.400. The lowest BCUT2D eigenvalue weighted by atomic mass is 10.0. The highest BCUT2D eigenvalue weighted by atomic mass is 16.3. The SMILES string of the molecule is O=C(Nc1ccc(CO)cn1)C1CNC1. The summed E-state index contributed by atoms with van der Waals surface area (Å²) >= 11 is 0. The van der Waals surface area contributed by atoms with Crippen LogP contribution < -0.4 is 10.6 Å². The molecular formula is C10H13N3O2. The second-order valence-electron chi connectivity index (χ2n) is 3.55. The molecule has 0 aliphatic carbocycles. The number of nitrogens with zero attached hydrogens (tertiary/aromatic N) is 1. The Morgan fingerprint density at radius 1 is 1.60 bits per heavy atom. The van der Waals surface area contributed by atoms with E-state index in [-0.39, 0.29) is 18.4 Å². The van der Waals surface area contributed by atoms with Gasteiger partial charge in [-0.1, -0.05) is 6.07 Å². The number of aliphatic hydroxyl groups excluding tert-OH is 1. The summed E-state index contributed by atoms with van der Waals surface area (Å²) in [5.74, 6) is 0.589. The van der Waals surface area contributed by atoms with Crippen LogP contribution in [-0.4, -0.2) is 29.1 Å². The van der Waals surface area contributed by atoms with Crippen molar-refractivity contribution in [3.8, 4) is 0 Å². The van der Waals surface area contributed by atoms with Crippen molar-refractivity contribution in [1.82, 2.24) is 10.3 Å². The predicted octanol–water partition coefficient (Wildman–Crippen LogP) is -0.268. The Morgan fingerprint density at radius 3 is 2.87 bits per heavy atom. The number of nitrogens with one attached hydrogen (secondary N) is 2. The van der Waals surface area contributed by atoms with E-state index in [9.17, 15) is 4.79 Å². The standard InChI is InChI=1S/C10H13N3O2/c14-6-7-1-2-9(12-3-7)13-10(15)8-4-11-5-8/h1-3,8,11,14H,4-6H2,(H,12,13,15). The molecule has 5 heteroatoms. The number of rotatable bonds is 3. The van der Waals surface area contributed by atoms with E-state index >= 15 is 0 Å². The molecule has 0 saturated carbocycles. The van der Waals surface area contributed by atoms with Crippen LogP contribution in [0.2, 0.25) is 0 Å². The zero-order valence-electron chi connectivity index (χ0n) is 8.23. The first kappa shape index (κ1) is 10.1. The van der Waals surface area contributed by atoms with Gasteiger partial charge in [-0.15, -0.1) is 0 Å². The lowest BCUT2D eigenvalue weighted by molar-refractivity contribution is -0.121. The van der Waals surface area contributed by atoms with E-state index in [4.69, 9.17) is 5.11 Å². The third-order valence-electron chi connectivity index (χ3n) is 2.41. The van der Waals surface area contributed by atoms with Crippen LogP contribution in [0, 0.1) is 5.92 Å². The molecule has 15 heavy (non-hydrogen) atoms. The van der Waals surface area contributed by atoms with Gasteiger partial charge in [-0.05, 0) is 11.6 Å². The number of pyridine rings is 1. The fourth-order valence-corrected chi connectivity index (χ4v) is 1.29. The molecule has 0 unspecified atom stereocenters. The van der Waals surface area contributed by atoms with Crippen molar-refractivity contribution in [2.75, 3.05) is 18.4 Å². The molecule has 5 nitrogen and oxygen atoms in total. The zero-order valence-corrected chi connectivity index (χ0v) is 8.23. The molecule has 1 aliphatic rings. The highest BCUT2D eigenvalue weighted by molar-refractivity contribution is 5.92. The molecule has 0 radical (unpaired) electrons. The van der Waals surface area contributed by atoms with Crippen molar-refractivity contribution in [1.29, 1.82) is 0 Å². The molecular weight excluding hydrogens is 194 g/mol. The van der Waals surface area contributed by atoms with Crippen LogP contribution in [0.5, 0.6) is 0 Å². The highest BCUT2D eigenvalue weighted by Gasteiger charge is 2.24. The minimum Gasteiger partial charge on any atom is -0.392 e. The zero-order chi connectivity index (χ0) is 10.7. The van der Waals surface area contributed by atoms with Gasteiger partial charge in [0.1, 0.15) is 5.82 Å². The number of hydrogen-bond acceptors (Lipinski definition) is 4. The number of aromatic nitrogens is 1. The molecule has 1 aliphatic heterocycles. The number of hydrogen-bond donors (Lipinski definition) is 3. The lowest BCUT2D eigenvalue weighted by Gasteiger charge is -2.25. The first-order valence-corrected chi connectivity index (χ1v) is 4.87. The molecule has 1 fully saturated rings. The minimum absolute atomic E-state index is 0.00185. The second-order valence-corrected chi connectivity index (χ2v) is 3.55. The van der Waals surface area contributed by atoms with Gasteiger partial charge in [0.25, 0.3) is 0 Å². The van der Waals surface area contributed by atoms with Crippen LogP contribution in [0.1, 0.15) is 5.56 Å². The van der Waals surface area contributed by atoms with Crippen LogP contribution in [-0.2, 0) is 11.4 Å². The second kappa shape index (κ2) is 4.37. The summed E-state index contributed by atoms with van der Waals surface area (Å²) in [6.45, 7) is 1.44. The van der Waals surface area contributed by atoms with Crippen LogP contribution in [0.15, 0.2) is 18.3 Å². The number of amides is 1. The largest absolute Gasteiger partial charge is 0.392 e. The number of aliphatic hydroxyl groups is 1. The van der Waals surface area contributed by atoms with Gasteiger partial charge in [-0.25, -0.2) is 4.98 Å². The highest BCUT2D eigenvalue weighted by Crippen LogP contribution is 2.09. The van der Waals surface area contributed by atoms with Crippen LogP contribution in [0.4, 0.5) is 5.82 Å². The van der Waals surface area contributed by atoms with E-state index in [2.05, 4.69) is 15.6 Å². The molecule has 2 rings (SSSR count). The number of carbonyl (C=O) groups is 1. The van der Waals surface area contributed by atoms with E-state index in [0.717, 1.165) is 18.7 Å². The van der Waals surface area contributed by atoms with Crippen molar-refractivity contribution >= 4 is 11.7 Å². The molecule has 1 amide bonds. The smallest absolute Gasteiger partial charge is 0.231 e. The third-order valence-corrected chi connectivity index (χ3v) is 2.41. The first-order chi connectivity index (χ1) is 7.29. The normalized spacial score (nSPS) is 15.8. The van der Waals surface area contributed by atoms with Crippen molar-refractivity contribution < 1.29 is 9.90 Å². The topological polar surface area (TPSA) is 74.2 Å². The molecule has 1 aromatic rings. The molecule has 0 aromatic carbocycles. The summed E-state index contributed by atoms with van der Waals surface area (Å²) in [6.07, 6.45) is 1.55. The Hall–Kier alpha value is -1.46. The van der Waals surface area contributed by atoms with E-state index in [1.54, 1.807) is 18.3 Å². The molecule has 1 aromatic heterocycles. The van der Waals surface area contributed by atoms with E-state index in [1.165, 1.54) is 0 Å². The van der Waals surface area contributed by atoms with Crippen LogP contribution >= 0.6 is 0 Å². The summed E-state index contributed by atoms with van der Waals surface area (Å²) in [6, 6.07) is 3.43. The summed E-state index contributed by atoms with van der Waals surface area (Å²) in [5.41, 5.74) is 0.735. The minimum atomic E-state index is -0.0340. The summed E-state index contributed by atoms with van der Waals surface area (Å²) in [5, 5.41) is 14.6. The number of carbonyl (C=O) groups excluding carboxylic acids is 1. The molecule has 3 N–H and O–H groups in total. The predicted molar refractivity (Wildman–Crippen MR) is 55.1 cm³/mol. The van der Waals surface area contributed by atoms with Gasteiger partial charge in [-0.2, -0.15) is 0 Å². The van der Waals surface area contributed by atoms with E-state index < -0.39 is 0 Å². The average Bonchev–Trinajstić information content (AvgIpc) is 2.16. The van der Waals surface area contributed by atoms with Crippen LogP contribution in [0.25, 0.3) is 0 Å². The summed E-state index contributed by atoms with van der Waals surface area (Å²) in [4.78, 5) is 15.5. The van der Waals surface area contributed by atoms with Gasteiger partial charge in [0, 0.05) is 19.3 Å². The Balaban J connectivity index is 1.94. The van der Waals surface area contributed by atoms with Crippen molar-refractivity contribution in [3.05, 3.63) is 23.9 Å². The van der Waals surface area contributed by atoms with Crippen LogP contribution in [0.3, 0.4) is 0 Å². The maximum Gasteiger partial charge on any atom is 0.231 e. The van der Waals surface area contributed by atoms with E-state index in [0.29, 0.717) is 5.82 Å². The fourth-order valence-electron chi connectivity index (χ4n) is 1.29. The van der Waals surface area contributed by atoms with Crippen molar-refractivity contribution in [2.24, 2.45) is 5.92 Å². The van der Waals surface area contributed by atoms with Crippen molar-refractivity contribution in [2.45, 2.75) is 6.61 Å². The molecule has 0 bridgehead atoms. The Bertz CT molecular complexity index is 346. The maximum atomic E-state index is 11.5. The Labute approximate surface area is 87.5 Å². The molecule has 80 valence electrons. The first-order valence-electron chi connectivity index (χ1n) is 4.87. The van der Waals surface area contributed by atoms with Gasteiger partial charge < -0.3 is 15.7 Å². The lowest BCUT2D eigenvalue weighted by Crippen LogP contribution is -2.48. The molecule has 2 heterocycles. The van der Waals surface area contributed by atoms with Gasteiger partial charge in [0.15, 0.2) is 0 Å². The maximum absolute atomic E-state index is 11.5. The monoisotopic (exact) mass is 207 g/mol. The average molecular weight is 207 g/mol. The summed E-state index contributed by atoms with van der Waals surface area (Å²) < 4.78 is 0. The van der Waals surface area contributed by atoms with Gasteiger partial charge in [-0.3, -0.25) is 4.79 Å². The summed E-state index contributed by atoms with van der Waals surface area (Å²) in [7, 11) is 0. The van der Waals surface area contributed by atoms with Gasteiger partial charge in [0.05, 0.1) is 12.5 Å². The van der Waals surface area contributed by atoms with E-state index in [1.807, 2.05) is 0 Å².